The smallest absolute Gasteiger partial charge is 0.130 e. The fourth-order valence-corrected chi connectivity index (χ4v) is 2.18. The summed E-state index contributed by atoms with van der Waals surface area (Å²) in [4.78, 5) is 0. The molecule has 0 saturated carbocycles. The van der Waals surface area contributed by atoms with Crippen LogP contribution < -0.4 is 5.32 Å². The summed E-state index contributed by atoms with van der Waals surface area (Å²) in [5.74, 6) is 0.916. The minimum absolute atomic E-state index is 0.354. The van der Waals surface area contributed by atoms with Gasteiger partial charge in [-0.2, -0.15) is 0 Å². The fourth-order valence-electron chi connectivity index (χ4n) is 1.95. The van der Waals surface area contributed by atoms with E-state index in [1.807, 2.05) is 13.0 Å². The maximum Gasteiger partial charge on any atom is 0.130 e. The normalized spacial score (nSPS) is 21.4. The van der Waals surface area contributed by atoms with Crippen LogP contribution in [0.15, 0.2) is 16.6 Å². The van der Waals surface area contributed by atoms with E-state index in [1.54, 1.807) is 0 Å². The average Bonchev–Trinajstić information content (AvgIpc) is 2.66. The first-order valence-corrected chi connectivity index (χ1v) is 5.67. The Morgan fingerprint density at radius 3 is 2.86 bits per heavy atom. The number of phenolic OH excluding ortho intramolecular Hbond substituents is 1. The monoisotopic (exact) mass is 255 g/mol. The minimum atomic E-state index is 0.354. The van der Waals surface area contributed by atoms with Crippen molar-refractivity contribution in [1.29, 1.82) is 0 Å². The number of hydrogen-bond donors (Lipinski definition) is 2. The largest absolute Gasteiger partial charge is 0.507 e. The topological polar surface area (TPSA) is 32.3 Å². The lowest BCUT2D eigenvalue weighted by Crippen LogP contribution is -2.08. The van der Waals surface area contributed by atoms with Gasteiger partial charge in [-0.15, -0.1) is 0 Å². The summed E-state index contributed by atoms with van der Waals surface area (Å²) in [5, 5.41) is 13.0. The molecule has 2 nitrogen and oxygen atoms in total. The van der Waals surface area contributed by atoms with E-state index in [9.17, 15) is 5.11 Å². The van der Waals surface area contributed by atoms with E-state index in [-0.39, 0.29) is 0 Å². The van der Waals surface area contributed by atoms with Crippen molar-refractivity contribution in [3.63, 3.8) is 0 Å². The summed E-state index contributed by atoms with van der Waals surface area (Å²) in [7, 11) is 0. The Labute approximate surface area is 92.5 Å². The maximum atomic E-state index is 9.67. The molecule has 1 aromatic carbocycles. The quantitative estimate of drug-likeness (QED) is 0.809. The minimum Gasteiger partial charge on any atom is -0.507 e. The third kappa shape index (κ3) is 1.79. The Balaban J connectivity index is 2.34. The van der Waals surface area contributed by atoms with Gasteiger partial charge in [-0.3, -0.25) is 0 Å². The van der Waals surface area contributed by atoms with Crippen LogP contribution in [0.25, 0.3) is 0 Å². The number of phenols is 1. The first kappa shape index (κ1) is 9.99. The molecule has 1 fully saturated rings. The van der Waals surface area contributed by atoms with Crippen LogP contribution in [0.1, 0.15) is 23.5 Å². The Morgan fingerprint density at radius 2 is 2.29 bits per heavy atom. The molecule has 0 aliphatic carbocycles. The van der Waals surface area contributed by atoms with E-state index in [4.69, 9.17) is 0 Å². The van der Waals surface area contributed by atoms with E-state index < -0.39 is 0 Å². The maximum absolute atomic E-state index is 9.67. The molecule has 2 rings (SSSR count). The molecule has 1 aliphatic heterocycles. The van der Waals surface area contributed by atoms with Crippen molar-refractivity contribution in [3.8, 4) is 5.75 Å². The zero-order chi connectivity index (χ0) is 10.1. The Morgan fingerprint density at radius 1 is 1.50 bits per heavy atom. The van der Waals surface area contributed by atoms with Crippen LogP contribution in [-0.2, 0) is 0 Å². The summed E-state index contributed by atoms with van der Waals surface area (Å²) in [6, 6.07) is 4.02. The number of hydrogen-bond acceptors (Lipinski definition) is 2. The lowest BCUT2D eigenvalue weighted by atomic mass is 9.96. The molecule has 3 heteroatoms. The molecule has 0 amide bonds. The number of benzene rings is 1. The van der Waals surface area contributed by atoms with Crippen molar-refractivity contribution in [3.05, 3.63) is 27.7 Å². The zero-order valence-corrected chi connectivity index (χ0v) is 9.76. The molecule has 14 heavy (non-hydrogen) atoms. The average molecular weight is 256 g/mol. The van der Waals surface area contributed by atoms with E-state index in [0.29, 0.717) is 11.7 Å². The highest BCUT2D eigenvalue weighted by molar-refractivity contribution is 9.10. The van der Waals surface area contributed by atoms with Gasteiger partial charge in [-0.25, -0.2) is 0 Å². The summed E-state index contributed by atoms with van der Waals surface area (Å²) in [5.41, 5.74) is 2.35. The second-order valence-corrected chi connectivity index (χ2v) is 4.65. The van der Waals surface area contributed by atoms with Crippen molar-refractivity contribution in [1.82, 2.24) is 5.32 Å². The lowest BCUT2D eigenvalue weighted by molar-refractivity contribution is 0.470. The molecule has 1 saturated heterocycles. The van der Waals surface area contributed by atoms with Gasteiger partial charge in [0.25, 0.3) is 0 Å². The first-order chi connectivity index (χ1) is 6.68. The molecule has 1 atom stereocenters. The summed E-state index contributed by atoms with van der Waals surface area (Å²) < 4.78 is 0.812. The first-order valence-electron chi connectivity index (χ1n) is 4.88. The van der Waals surface area contributed by atoms with Gasteiger partial charge in [-0.05, 0) is 58.9 Å². The van der Waals surface area contributed by atoms with Gasteiger partial charge in [0.1, 0.15) is 5.75 Å². The molecular weight excluding hydrogens is 242 g/mol. The number of rotatable bonds is 1. The van der Waals surface area contributed by atoms with E-state index in [0.717, 1.165) is 23.1 Å². The number of aryl methyl sites for hydroxylation is 1. The van der Waals surface area contributed by atoms with Gasteiger partial charge in [0, 0.05) is 6.54 Å². The van der Waals surface area contributed by atoms with E-state index in [1.165, 1.54) is 12.0 Å². The Bertz CT molecular complexity index is 322. The second-order valence-electron chi connectivity index (χ2n) is 3.86. The molecule has 1 heterocycles. The second kappa shape index (κ2) is 3.91. The van der Waals surface area contributed by atoms with E-state index in [2.05, 4.69) is 27.3 Å². The SMILES string of the molecule is Cc1cc(C2CCNC2)cc(O)c1Br. The van der Waals surface area contributed by atoms with Crippen LogP contribution in [0, 0.1) is 6.92 Å². The van der Waals surface area contributed by atoms with Gasteiger partial charge >= 0.3 is 0 Å². The molecular formula is C11H14BrNO. The van der Waals surface area contributed by atoms with Gasteiger partial charge < -0.3 is 10.4 Å². The molecule has 0 aromatic heterocycles. The molecule has 1 aromatic rings. The molecule has 2 N–H and O–H groups in total. The summed E-state index contributed by atoms with van der Waals surface area (Å²) in [6.45, 7) is 4.12. The highest BCUT2D eigenvalue weighted by Crippen LogP contribution is 2.33. The van der Waals surface area contributed by atoms with Gasteiger partial charge in [0.05, 0.1) is 4.47 Å². The molecule has 0 radical (unpaired) electrons. The summed E-state index contributed by atoms with van der Waals surface area (Å²) in [6.07, 6.45) is 1.17. The molecule has 0 spiro atoms. The number of aromatic hydroxyl groups is 1. The van der Waals surface area contributed by atoms with Crippen LogP contribution >= 0.6 is 15.9 Å². The Kier molecular flexibility index (Phi) is 2.79. The van der Waals surface area contributed by atoms with Crippen LogP contribution in [0.5, 0.6) is 5.75 Å². The fraction of sp³-hybridized carbons (Fsp3) is 0.455. The van der Waals surface area contributed by atoms with Crippen LogP contribution in [0.4, 0.5) is 0 Å². The third-order valence-electron chi connectivity index (χ3n) is 2.79. The van der Waals surface area contributed by atoms with Gasteiger partial charge in [0.15, 0.2) is 0 Å². The van der Waals surface area contributed by atoms with Crippen molar-refractivity contribution < 1.29 is 5.11 Å². The van der Waals surface area contributed by atoms with Crippen LogP contribution in [-0.4, -0.2) is 18.2 Å². The van der Waals surface area contributed by atoms with E-state index >= 15 is 0 Å². The highest BCUT2D eigenvalue weighted by Gasteiger charge is 2.18. The van der Waals surface area contributed by atoms with Crippen LogP contribution in [0.2, 0.25) is 0 Å². The van der Waals surface area contributed by atoms with Gasteiger partial charge in [0.2, 0.25) is 0 Å². The lowest BCUT2D eigenvalue weighted by Gasteiger charge is -2.11. The molecule has 1 aliphatic rings. The van der Waals surface area contributed by atoms with Crippen molar-refractivity contribution in [2.45, 2.75) is 19.3 Å². The predicted octanol–water partition coefficient (Wildman–Crippen LogP) is 2.54. The molecule has 76 valence electrons. The van der Waals surface area contributed by atoms with Crippen LogP contribution in [0.3, 0.4) is 0 Å². The zero-order valence-electron chi connectivity index (χ0n) is 8.18. The van der Waals surface area contributed by atoms with Gasteiger partial charge in [-0.1, -0.05) is 6.07 Å². The summed E-state index contributed by atoms with van der Waals surface area (Å²) >= 11 is 3.36. The Hall–Kier alpha value is -0.540. The van der Waals surface area contributed by atoms with Crippen molar-refractivity contribution in [2.75, 3.05) is 13.1 Å². The third-order valence-corrected chi connectivity index (χ3v) is 3.82. The highest BCUT2D eigenvalue weighted by atomic mass is 79.9. The standard InChI is InChI=1S/C11H14BrNO/c1-7-4-9(5-10(14)11(7)12)8-2-3-13-6-8/h4-5,8,13-14H,2-3,6H2,1H3. The van der Waals surface area contributed by atoms with Crippen molar-refractivity contribution >= 4 is 15.9 Å². The molecule has 0 bridgehead atoms. The van der Waals surface area contributed by atoms with Crippen molar-refractivity contribution in [2.24, 2.45) is 0 Å². The predicted molar refractivity (Wildman–Crippen MR) is 60.8 cm³/mol. The molecule has 1 unspecified atom stereocenters. The number of nitrogens with one attached hydrogen (secondary N) is 1. The number of halogens is 1.